The van der Waals surface area contributed by atoms with Crippen molar-refractivity contribution in [2.75, 3.05) is 13.1 Å². The summed E-state index contributed by atoms with van der Waals surface area (Å²) in [6.45, 7) is 9.21. The number of benzene rings is 2. The number of hydrogen-bond donors (Lipinski definition) is 2. The second-order valence-corrected chi connectivity index (χ2v) is 6.50. The number of nitrogens with two attached hydrogens (primary N) is 2. The minimum Gasteiger partial charge on any atom is -0.329 e. The number of rotatable bonds is 6. The van der Waals surface area contributed by atoms with Crippen molar-refractivity contribution in [1.29, 1.82) is 0 Å². The highest BCUT2D eigenvalue weighted by atomic mass is 17.2. The van der Waals surface area contributed by atoms with Crippen molar-refractivity contribution in [3.63, 3.8) is 0 Å². The lowest BCUT2D eigenvalue weighted by molar-refractivity contribution is -0.410. The average Bonchev–Trinajstić information content (AvgIpc) is 2.62. The minimum absolute atomic E-state index is 0.493. The Bertz CT molecular complexity index is 515. The van der Waals surface area contributed by atoms with Crippen LogP contribution in [0.1, 0.15) is 38.8 Å². The van der Waals surface area contributed by atoms with Crippen LogP contribution in [-0.4, -0.2) is 13.1 Å². The van der Waals surface area contributed by atoms with E-state index in [9.17, 15) is 0 Å². The summed E-state index contributed by atoms with van der Waals surface area (Å²) in [5.41, 5.74) is 11.0. The molecule has 0 spiro atoms. The summed E-state index contributed by atoms with van der Waals surface area (Å²) in [6.07, 6.45) is 0. The van der Waals surface area contributed by atoms with Crippen molar-refractivity contribution in [3.05, 3.63) is 71.8 Å². The summed E-state index contributed by atoms with van der Waals surface area (Å²) in [5, 5.41) is 0. The topological polar surface area (TPSA) is 70.5 Å². The molecule has 4 nitrogen and oxygen atoms in total. The van der Waals surface area contributed by atoms with Crippen LogP contribution in [-0.2, 0) is 21.0 Å². The third-order valence-corrected chi connectivity index (χ3v) is 3.56. The van der Waals surface area contributed by atoms with E-state index in [1.165, 1.54) is 0 Å². The van der Waals surface area contributed by atoms with Crippen molar-refractivity contribution in [1.82, 2.24) is 0 Å². The highest BCUT2D eigenvalue weighted by Crippen LogP contribution is 2.31. The van der Waals surface area contributed by atoms with Gasteiger partial charge in [-0.3, -0.25) is 0 Å². The van der Waals surface area contributed by atoms with Crippen molar-refractivity contribution < 1.29 is 9.78 Å². The molecule has 0 unspecified atom stereocenters. The van der Waals surface area contributed by atoms with Crippen LogP contribution in [0.4, 0.5) is 0 Å². The van der Waals surface area contributed by atoms with Crippen LogP contribution in [0.3, 0.4) is 0 Å². The standard InChI is InChI=1S/C18H22O2.C2H8N2/c1-17(2,15-11-7-5-8-12-15)19-20-18(3,4)16-13-9-6-10-14-16;3-1-2-4/h5-14H,1-4H3;1-4H2. The molecule has 0 saturated carbocycles. The number of hydrogen-bond acceptors (Lipinski definition) is 4. The maximum Gasteiger partial charge on any atom is 0.123 e. The van der Waals surface area contributed by atoms with Crippen molar-refractivity contribution >= 4 is 0 Å². The highest BCUT2D eigenvalue weighted by Gasteiger charge is 2.29. The van der Waals surface area contributed by atoms with Gasteiger partial charge in [0.25, 0.3) is 0 Å². The van der Waals surface area contributed by atoms with Gasteiger partial charge in [0.15, 0.2) is 0 Å². The Hall–Kier alpha value is -1.72. The lowest BCUT2D eigenvalue weighted by Gasteiger charge is -2.31. The lowest BCUT2D eigenvalue weighted by Crippen LogP contribution is -2.29. The van der Waals surface area contributed by atoms with Gasteiger partial charge < -0.3 is 11.5 Å². The molecule has 0 heterocycles. The van der Waals surface area contributed by atoms with Gasteiger partial charge in [0.2, 0.25) is 0 Å². The molecule has 2 aromatic carbocycles. The molecule has 0 aliphatic heterocycles. The van der Waals surface area contributed by atoms with Gasteiger partial charge in [-0.25, -0.2) is 9.78 Å². The Morgan fingerprint density at radius 3 is 1.17 bits per heavy atom. The largest absolute Gasteiger partial charge is 0.329 e. The molecule has 0 bridgehead atoms. The van der Waals surface area contributed by atoms with E-state index in [1.807, 2.05) is 88.4 Å². The average molecular weight is 330 g/mol. The van der Waals surface area contributed by atoms with Gasteiger partial charge >= 0.3 is 0 Å². The monoisotopic (exact) mass is 330 g/mol. The SMILES string of the molecule is CC(C)(OOC(C)(C)c1ccccc1)c1ccccc1.NCCN. The molecule has 4 heteroatoms. The van der Waals surface area contributed by atoms with E-state index >= 15 is 0 Å². The molecule has 0 aliphatic carbocycles. The minimum atomic E-state index is -0.493. The summed E-state index contributed by atoms with van der Waals surface area (Å²) in [5.74, 6) is 0. The van der Waals surface area contributed by atoms with Crippen LogP contribution in [0.15, 0.2) is 60.7 Å². The Kier molecular flexibility index (Phi) is 8.08. The van der Waals surface area contributed by atoms with E-state index in [4.69, 9.17) is 21.2 Å². The van der Waals surface area contributed by atoms with E-state index in [2.05, 4.69) is 0 Å². The quantitative estimate of drug-likeness (QED) is 0.626. The van der Waals surface area contributed by atoms with Crippen molar-refractivity contribution in [2.24, 2.45) is 11.5 Å². The van der Waals surface area contributed by atoms with Gasteiger partial charge in [0, 0.05) is 13.1 Å². The van der Waals surface area contributed by atoms with E-state index in [1.54, 1.807) is 0 Å². The maximum atomic E-state index is 5.73. The molecular formula is C20H30N2O2. The molecule has 2 aromatic rings. The second kappa shape index (κ2) is 9.55. The molecule has 2 rings (SSSR count). The third kappa shape index (κ3) is 6.42. The Balaban J connectivity index is 0.000000648. The molecule has 0 aromatic heterocycles. The molecule has 0 aliphatic rings. The van der Waals surface area contributed by atoms with Crippen LogP contribution in [0.2, 0.25) is 0 Å². The Labute approximate surface area is 145 Å². The van der Waals surface area contributed by atoms with Gasteiger partial charge in [-0.05, 0) is 38.8 Å². The fraction of sp³-hybridized carbons (Fsp3) is 0.400. The Morgan fingerprint density at radius 2 is 0.917 bits per heavy atom. The van der Waals surface area contributed by atoms with E-state index in [0.717, 1.165) is 11.1 Å². The van der Waals surface area contributed by atoms with Crippen LogP contribution < -0.4 is 11.5 Å². The van der Waals surface area contributed by atoms with Crippen LogP contribution >= 0.6 is 0 Å². The first-order valence-corrected chi connectivity index (χ1v) is 8.21. The van der Waals surface area contributed by atoms with Crippen LogP contribution in [0.5, 0.6) is 0 Å². The third-order valence-electron chi connectivity index (χ3n) is 3.56. The Morgan fingerprint density at radius 1 is 0.625 bits per heavy atom. The molecule has 0 fully saturated rings. The molecular weight excluding hydrogens is 300 g/mol. The fourth-order valence-electron chi connectivity index (χ4n) is 1.98. The zero-order valence-electron chi connectivity index (χ0n) is 15.2. The first kappa shape index (κ1) is 20.3. The molecule has 24 heavy (non-hydrogen) atoms. The predicted molar refractivity (Wildman–Crippen MR) is 99.2 cm³/mol. The van der Waals surface area contributed by atoms with Crippen LogP contribution in [0, 0.1) is 0 Å². The zero-order valence-corrected chi connectivity index (χ0v) is 15.2. The van der Waals surface area contributed by atoms with E-state index in [0.29, 0.717) is 13.1 Å². The zero-order chi connectivity index (χ0) is 18.1. The molecule has 132 valence electrons. The predicted octanol–water partition coefficient (Wildman–Crippen LogP) is 3.71. The highest BCUT2D eigenvalue weighted by molar-refractivity contribution is 5.22. The molecule has 4 N–H and O–H groups in total. The molecule has 0 saturated heterocycles. The first-order chi connectivity index (χ1) is 11.3. The molecule has 0 radical (unpaired) electrons. The lowest BCUT2D eigenvalue weighted by atomic mass is 9.98. The normalized spacial score (nSPS) is 11.6. The van der Waals surface area contributed by atoms with E-state index < -0.39 is 11.2 Å². The van der Waals surface area contributed by atoms with Gasteiger partial charge in [0.1, 0.15) is 11.2 Å². The second-order valence-electron chi connectivity index (χ2n) is 6.50. The smallest absolute Gasteiger partial charge is 0.123 e. The summed E-state index contributed by atoms with van der Waals surface area (Å²) < 4.78 is 0. The summed E-state index contributed by atoms with van der Waals surface area (Å²) in [6, 6.07) is 20.2. The van der Waals surface area contributed by atoms with Gasteiger partial charge in [0.05, 0.1) is 0 Å². The van der Waals surface area contributed by atoms with Crippen LogP contribution in [0.25, 0.3) is 0 Å². The van der Waals surface area contributed by atoms with Crippen molar-refractivity contribution in [3.8, 4) is 0 Å². The van der Waals surface area contributed by atoms with Crippen molar-refractivity contribution in [2.45, 2.75) is 38.9 Å². The summed E-state index contributed by atoms with van der Waals surface area (Å²) in [4.78, 5) is 11.5. The summed E-state index contributed by atoms with van der Waals surface area (Å²) in [7, 11) is 0. The van der Waals surface area contributed by atoms with Gasteiger partial charge in [-0.15, -0.1) is 0 Å². The molecule has 0 atom stereocenters. The maximum absolute atomic E-state index is 5.73. The van der Waals surface area contributed by atoms with Gasteiger partial charge in [-0.1, -0.05) is 60.7 Å². The summed E-state index contributed by atoms with van der Waals surface area (Å²) >= 11 is 0. The van der Waals surface area contributed by atoms with E-state index in [-0.39, 0.29) is 0 Å². The van der Waals surface area contributed by atoms with Gasteiger partial charge in [-0.2, -0.15) is 0 Å². The molecule has 0 amide bonds. The first-order valence-electron chi connectivity index (χ1n) is 8.21. The fourth-order valence-corrected chi connectivity index (χ4v) is 1.98.